The molecule has 0 aliphatic carbocycles. The van der Waals surface area contributed by atoms with E-state index in [0.717, 1.165) is 24.2 Å². The third kappa shape index (κ3) is 3.37. The second kappa shape index (κ2) is 6.74. The monoisotopic (exact) mass is 243 g/mol. The lowest BCUT2D eigenvalue weighted by molar-refractivity contribution is 0.275. The topological polar surface area (TPSA) is 41.5 Å². The Balaban J connectivity index is 2.92. The van der Waals surface area contributed by atoms with E-state index in [2.05, 4.69) is 5.32 Å². The molecule has 1 unspecified atom stereocenters. The predicted octanol–water partition coefficient (Wildman–Crippen LogP) is 2.38. The van der Waals surface area contributed by atoms with Crippen LogP contribution in [0.15, 0.2) is 18.2 Å². The average Bonchev–Trinajstić information content (AvgIpc) is 2.30. The van der Waals surface area contributed by atoms with E-state index in [9.17, 15) is 0 Å². The summed E-state index contributed by atoms with van der Waals surface area (Å²) < 4.78 is 5.30. The first-order valence-electron chi connectivity index (χ1n) is 5.34. The Hall–Kier alpha value is -0.770. The SMILES string of the molecule is CNC(CCCO)c1cc(Cl)ccc1OC. The number of methoxy groups -OCH3 is 1. The Kier molecular flexibility index (Phi) is 5.60. The van der Waals surface area contributed by atoms with E-state index in [-0.39, 0.29) is 12.6 Å². The molecule has 4 heteroatoms. The zero-order valence-corrected chi connectivity index (χ0v) is 10.4. The molecule has 0 bridgehead atoms. The van der Waals surface area contributed by atoms with E-state index in [0.29, 0.717) is 5.02 Å². The van der Waals surface area contributed by atoms with Crippen molar-refractivity contribution in [3.63, 3.8) is 0 Å². The molecule has 0 aromatic heterocycles. The molecule has 0 fully saturated rings. The molecule has 90 valence electrons. The van der Waals surface area contributed by atoms with Crippen LogP contribution in [0.2, 0.25) is 5.02 Å². The van der Waals surface area contributed by atoms with Crippen LogP contribution in [0.5, 0.6) is 5.75 Å². The van der Waals surface area contributed by atoms with Crippen LogP contribution in [-0.4, -0.2) is 25.9 Å². The molecular formula is C12H18ClNO2. The lowest BCUT2D eigenvalue weighted by Crippen LogP contribution is -2.17. The molecule has 1 rings (SSSR count). The van der Waals surface area contributed by atoms with Crippen LogP contribution in [0.3, 0.4) is 0 Å². The molecule has 1 aromatic rings. The van der Waals surface area contributed by atoms with Crippen LogP contribution < -0.4 is 10.1 Å². The number of hydrogen-bond acceptors (Lipinski definition) is 3. The maximum Gasteiger partial charge on any atom is 0.123 e. The average molecular weight is 244 g/mol. The fourth-order valence-electron chi connectivity index (χ4n) is 1.73. The Morgan fingerprint density at radius 1 is 1.50 bits per heavy atom. The first-order chi connectivity index (χ1) is 7.72. The van der Waals surface area contributed by atoms with Crippen molar-refractivity contribution in [3.05, 3.63) is 28.8 Å². The van der Waals surface area contributed by atoms with E-state index >= 15 is 0 Å². The van der Waals surface area contributed by atoms with E-state index in [4.69, 9.17) is 21.4 Å². The molecule has 3 nitrogen and oxygen atoms in total. The molecule has 0 aliphatic rings. The Morgan fingerprint density at radius 3 is 2.81 bits per heavy atom. The van der Waals surface area contributed by atoms with Gasteiger partial charge in [0.1, 0.15) is 5.75 Å². The van der Waals surface area contributed by atoms with Gasteiger partial charge in [-0.3, -0.25) is 0 Å². The van der Waals surface area contributed by atoms with Crippen molar-refractivity contribution in [1.82, 2.24) is 5.32 Å². The zero-order chi connectivity index (χ0) is 12.0. The summed E-state index contributed by atoms with van der Waals surface area (Å²) in [7, 11) is 3.54. The molecule has 0 radical (unpaired) electrons. The van der Waals surface area contributed by atoms with Gasteiger partial charge in [-0.05, 0) is 38.1 Å². The van der Waals surface area contributed by atoms with Gasteiger partial charge in [-0.1, -0.05) is 11.6 Å². The molecule has 0 saturated heterocycles. The first-order valence-corrected chi connectivity index (χ1v) is 5.72. The number of aliphatic hydroxyl groups excluding tert-OH is 1. The minimum atomic E-state index is 0.154. The lowest BCUT2D eigenvalue weighted by Gasteiger charge is -2.19. The van der Waals surface area contributed by atoms with Gasteiger partial charge >= 0.3 is 0 Å². The molecule has 1 atom stereocenters. The van der Waals surface area contributed by atoms with E-state index in [1.807, 2.05) is 25.2 Å². The second-order valence-corrected chi connectivity index (χ2v) is 4.03. The van der Waals surface area contributed by atoms with Gasteiger partial charge < -0.3 is 15.2 Å². The second-order valence-electron chi connectivity index (χ2n) is 3.59. The number of benzene rings is 1. The van der Waals surface area contributed by atoms with Crippen molar-refractivity contribution >= 4 is 11.6 Å². The van der Waals surface area contributed by atoms with Gasteiger partial charge in [-0.25, -0.2) is 0 Å². The predicted molar refractivity (Wildman–Crippen MR) is 66.1 cm³/mol. The summed E-state index contributed by atoms with van der Waals surface area (Å²) in [6, 6.07) is 5.73. The molecule has 0 saturated carbocycles. The summed E-state index contributed by atoms with van der Waals surface area (Å²) >= 11 is 5.98. The highest BCUT2D eigenvalue weighted by Gasteiger charge is 2.14. The maximum absolute atomic E-state index is 8.85. The quantitative estimate of drug-likeness (QED) is 0.806. The van der Waals surface area contributed by atoms with Gasteiger partial charge in [0.25, 0.3) is 0 Å². The third-order valence-electron chi connectivity index (χ3n) is 2.57. The maximum atomic E-state index is 8.85. The van der Waals surface area contributed by atoms with Gasteiger partial charge in [-0.15, -0.1) is 0 Å². The van der Waals surface area contributed by atoms with Gasteiger partial charge in [0, 0.05) is 23.2 Å². The van der Waals surface area contributed by atoms with Crippen LogP contribution in [0, 0.1) is 0 Å². The van der Waals surface area contributed by atoms with Crippen molar-refractivity contribution in [3.8, 4) is 5.75 Å². The van der Waals surface area contributed by atoms with Crippen LogP contribution in [0.25, 0.3) is 0 Å². The number of hydrogen-bond donors (Lipinski definition) is 2. The third-order valence-corrected chi connectivity index (χ3v) is 2.80. The van der Waals surface area contributed by atoms with Gasteiger partial charge in [0.2, 0.25) is 0 Å². The first kappa shape index (κ1) is 13.3. The Morgan fingerprint density at radius 2 is 2.25 bits per heavy atom. The van der Waals surface area contributed by atoms with E-state index < -0.39 is 0 Å². The summed E-state index contributed by atoms with van der Waals surface area (Å²) in [5, 5.41) is 12.8. The van der Waals surface area contributed by atoms with Crippen molar-refractivity contribution in [2.24, 2.45) is 0 Å². The number of aliphatic hydroxyl groups is 1. The Bertz CT molecular complexity index is 331. The smallest absolute Gasteiger partial charge is 0.123 e. The molecular weight excluding hydrogens is 226 g/mol. The molecule has 0 aliphatic heterocycles. The van der Waals surface area contributed by atoms with Crippen molar-refractivity contribution in [2.45, 2.75) is 18.9 Å². The van der Waals surface area contributed by atoms with Crippen LogP contribution in [-0.2, 0) is 0 Å². The standard InChI is InChI=1S/C12H18ClNO2/c1-14-11(4-3-7-15)10-8-9(13)5-6-12(10)16-2/h5-6,8,11,14-15H,3-4,7H2,1-2H3. The van der Waals surface area contributed by atoms with Crippen molar-refractivity contribution in [2.75, 3.05) is 20.8 Å². The number of nitrogens with one attached hydrogen (secondary N) is 1. The summed E-state index contributed by atoms with van der Waals surface area (Å²) in [5.41, 5.74) is 1.03. The lowest BCUT2D eigenvalue weighted by atomic mass is 10.0. The molecule has 0 amide bonds. The molecule has 16 heavy (non-hydrogen) atoms. The van der Waals surface area contributed by atoms with Crippen molar-refractivity contribution < 1.29 is 9.84 Å². The molecule has 1 aromatic carbocycles. The summed E-state index contributed by atoms with van der Waals surface area (Å²) in [5.74, 6) is 0.821. The van der Waals surface area contributed by atoms with Gasteiger partial charge in [0.15, 0.2) is 0 Å². The fraction of sp³-hybridized carbons (Fsp3) is 0.500. The number of rotatable bonds is 6. The highest BCUT2D eigenvalue weighted by atomic mass is 35.5. The van der Waals surface area contributed by atoms with Gasteiger partial charge in [0.05, 0.1) is 7.11 Å². The van der Waals surface area contributed by atoms with Crippen LogP contribution in [0.4, 0.5) is 0 Å². The molecule has 0 spiro atoms. The van der Waals surface area contributed by atoms with E-state index in [1.54, 1.807) is 7.11 Å². The summed E-state index contributed by atoms with van der Waals surface area (Å²) in [6.07, 6.45) is 1.60. The van der Waals surface area contributed by atoms with Crippen LogP contribution >= 0.6 is 11.6 Å². The Labute approximate surface area is 101 Å². The minimum Gasteiger partial charge on any atom is -0.496 e. The highest BCUT2D eigenvalue weighted by molar-refractivity contribution is 6.30. The molecule has 0 heterocycles. The van der Waals surface area contributed by atoms with E-state index in [1.165, 1.54) is 0 Å². The summed E-state index contributed by atoms with van der Waals surface area (Å²) in [4.78, 5) is 0. The number of halogens is 1. The van der Waals surface area contributed by atoms with Crippen molar-refractivity contribution in [1.29, 1.82) is 0 Å². The van der Waals surface area contributed by atoms with Crippen LogP contribution in [0.1, 0.15) is 24.4 Å². The highest BCUT2D eigenvalue weighted by Crippen LogP contribution is 2.30. The largest absolute Gasteiger partial charge is 0.496 e. The van der Waals surface area contributed by atoms with Gasteiger partial charge in [-0.2, -0.15) is 0 Å². The normalized spacial score (nSPS) is 12.5. The summed E-state index contributed by atoms with van der Waals surface area (Å²) in [6.45, 7) is 0.195. The number of ether oxygens (including phenoxy) is 1. The zero-order valence-electron chi connectivity index (χ0n) is 9.66. The minimum absolute atomic E-state index is 0.154. The molecule has 2 N–H and O–H groups in total. The fourth-order valence-corrected chi connectivity index (χ4v) is 1.91.